The Morgan fingerprint density at radius 2 is 2.04 bits per heavy atom. The number of nitrogens with zero attached hydrogens (tertiary/aromatic N) is 3. The van der Waals surface area contributed by atoms with E-state index in [4.69, 9.17) is 5.21 Å². The Balaban J connectivity index is 1.73. The van der Waals surface area contributed by atoms with E-state index in [0.717, 1.165) is 11.3 Å². The van der Waals surface area contributed by atoms with Gasteiger partial charge in [0.2, 0.25) is 0 Å². The van der Waals surface area contributed by atoms with Crippen LogP contribution in [0.15, 0.2) is 54.9 Å². The van der Waals surface area contributed by atoms with E-state index in [9.17, 15) is 13.6 Å². The topological polar surface area (TPSA) is 109 Å². The number of carbonyl (C=O) groups is 1. The number of aromatic nitrogens is 1. The van der Waals surface area contributed by atoms with Crippen molar-refractivity contribution in [3.05, 3.63) is 60.4 Å². The minimum Gasteiger partial charge on any atom is -0.755 e. The van der Waals surface area contributed by atoms with Crippen LogP contribution in [0.1, 0.15) is 18.4 Å². The molecule has 0 spiro atoms. The zero-order valence-electron chi connectivity index (χ0n) is 15.1. The Kier molecular flexibility index (Phi) is 6.75. The van der Waals surface area contributed by atoms with Gasteiger partial charge in [0.1, 0.15) is 0 Å². The zero-order chi connectivity index (χ0) is 19.9. The van der Waals surface area contributed by atoms with E-state index in [1.165, 1.54) is 10.4 Å². The highest BCUT2D eigenvalue weighted by Gasteiger charge is 2.26. The molecule has 3 rings (SSSR count). The molecule has 1 fully saturated rings. The predicted octanol–water partition coefficient (Wildman–Crippen LogP) is 1.87. The Hall–Kier alpha value is -2.75. The molecule has 2 N–H and O–H groups in total. The first-order valence-electron chi connectivity index (χ1n) is 8.85. The van der Waals surface area contributed by atoms with E-state index in [-0.39, 0.29) is 6.04 Å². The van der Waals surface area contributed by atoms with E-state index in [1.807, 2.05) is 24.3 Å². The molecule has 1 aliphatic heterocycles. The number of hydrogen-bond donors (Lipinski definition) is 2. The maximum atomic E-state index is 11.8. The van der Waals surface area contributed by atoms with Crippen LogP contribution in [0.4, 0.5) is 11.4 Å². The summed E-state index contributed by atoms with van der Waals surface area (Å²) >= 11 is -2.38. The molecule has 28 heavy (non-hydrogen) atoms. The minimum atomic E-state index is -2.38. The van der Waals surface area contributed by atoms with Gasteiger partial charge in [-0.1, -0.05) is 18.2 Å². The highest BCUT2D eigenvalue weighted by atomic mass is 32.2. The Morgan fingerprint density at radius 1 is 1.29 bits per heavy atom. The second kappa shape index (κ2) is 9.45. The highest BCUT2D eigenvalue weighted by molar-refractivity contribution is 7.80. The molecule has 8 nitrogen and oxygen atoms in total. The van der Waals surface area contributed by atoms with Crippen LogP contribution in [0.5, 0.6) is 0 Å². The van der Waals surface area contributed by atoms with Gasteiger partial charge >= 0.3 is 0 Å². The Bertz CT molecular complexity index is 854. The molecule has 2 aromatic rings. The van der Waals surface area contributed by atoms with Crippen LogP contribution in [0.2, 0.25) is 0 Å². The third-order valence-corrected chi connectivity index (χ3v) is 5.49. The van der Waals surface area contributed by atoms with Crippen molar-refractivity contribution in [3.63, 3.8) is 0 Å². The first kappa shape index (κ1) is 20.0. The first-order chi connectivity index (χ1) is 13.6. The lowest BCUT2D eigenvalue weighted by Gasteiger charge is -2.41. The number of amides is 1. The van der Waals surface area contributed by atoms with E-state index >= 15 is 0 Å². The van der Waals surface area contributed by atoms with Crippen molar-refractivity contribution in [2.24, 2.45) is 0 Å². The zero-order valence-corrected chi connectivity index (χ0v) is 15.9. The Morgan fingerprint density at radius 3 is 2.68 bits per heavy atom. The van der Waals surface area contributed by atoms with Gasteiger partial charge in [0.25, 0.3) is 5.91 Å². The van der Waals surface area contributed by atoms with E-state index in [1.54, 1.807) is 36.1 Å². The van der Waals surface area contributed by atoms with Crippen molar-refractivity contribution in [2.75, 3.05) is 22.3 Å². The van der Waals surface area contributed by atoms with Crippen LogP contribution in [0.25, 0.3) is 6.08 Å². The van der Waals surface area contributed by atoms with Crippen LogP contribution < -0.4 is 14.7 Å². The van der Waals surface area contributed by atoms with Crippen molar-refractivity contribution < 1.29 is 18.8 Å². The summed E-state index contributed by atoms with van der Waals surface area (Å²) in [5.41, 5.74) is 3.94. The molecule has 1 unspecified atom stereocenters. The quantitative estimate of drug-likeness (QED) is 0.331. The molecule has 1 aliphatic rings. The van der Waals surface area contributed by atoms with Crippen LogP contribution in [-0.2, 0) is 16.1 Å². The number of carbonyl (C=O) groups excluding carboxylic acids is 1. The van der Waals surface area contributed by atoms with Gasteiger partial charge in [0, 0.05) is 48.4 Å². The summed E-state index contributed by atoms with van der Waals surface area (Å²) in [6.45, 7) is 1.35. The molecule has 1 aromatic carbocycles. The maximum Gasteiger partial charge on any atom is 0.267 e. The van der Waals surface area contributed by atoms with Gasteiger partial charge in [-0.25, -0.2) is 5.48 Å². The molecule has 1 atom stereocenters. The lowest BCUT2D eigenvalue weighted by molar-refractivity contribution is -0.124. The fourth-order valence-electron chi connectivity index (χ4n) is 3.36. The molecule has 9 heteroatoms. The van der Waals surface area contributed by atoms with Crippen LogP contribution in [0, 0.1) is 0 Å². The largest absolute Gasteiger partial charge is 0.755 e. The molecule has 0 saturated carbocycles. The van der Waals surface area contributed by atoms with Crippen molar-refractivity contribution in [2.45, 2.75) is 18.9 Å². The number of piperidine rings is 1. The summed E-state index contributed by atoms with van der Waals surface area (Å²) in [4.78, 5) is 17.4. The number of anilines is 2. The second-order valence-electron chi connectivity index (χ2n) is 6.34. The number of pyridine rings is 1. The standard InChI is InChI=1S/C19H22N4O4S/c24-19(21-25)8-7-15-4-1-2-6-18(15)22-12-9-16(10-13-22)23(28(26)27)17-5-3-11-20-14-17/h1-8,11,14,16,25H,9-10,12-13H2,(H,21,24)(H,26,27)/p-1/b8-7+. The van der Waals surface area contributed by atoms with Crippen LogP contribution in [0.3, 0.4) is 0 Å². The van der Waals surface area contributed by atoms with E-state index in [0.29, 0.717) is 31.6 Å². The molecular weight excluding hydrogens is 380 g/mol. The number of para-hydroxylation sites is 1. The fourth-order valence-corrected chi connectivity index (χ4v) is 4.10. The van der Waals surface area contributed by atoms with Crippen LogP contribution >= 0.6 is 0 Å². The van der Waals surface area contributed by atoms with Crippen LogP contribution in [-0.4, -0.2) is 44.0 Å². The summed E-state index contributed by atoms with van der Waals surface area (Å²) < 4.78 is 25.0. The summed E-state index contributed by atoms with van der Waals surface area (Å²) in [7, 11) is 0. The monoisotopic (exact) mass is 401 g/mol. The van der Waals surface area contributed by atoms with Gasteiger partial charge in [-0.15, -0.1) is 0 Å². The summed E-state index contributed by atoms with van der Waals surface area (Å²) in [5.74, 6) is -0.599. The maximum absolute atomic E-state index is 11.8. The fraction of sp³-hybridized carbons (Fsp3) is 0.263. The molecule has 148 valence electrons. The predicted molar refractivity (Wildman–Crippen MR) is 106 cm³/mol. The Labute approximate surface area is 165 Å². The molecular formula is C19H21N4O4S-. The van der Waals surface area contributed by atoms with Gasteiger partial charge in [-0.05, 0) is 42.7 Å². The van der Waals surface area contributed by atoms with Crippen molar-refractivity contribution in [3.8, 4) is 0 Å². The number of hydrogen-bond acceptors (Lipinski definition) is 6. The molecule has 0 aliphatic carbocycles. The van der Waals surface area contributed by atoms with E-state index < -0.39 is 17.2 Å². The first-order valence-corrected chi connectivity index (χ1v) is 9.88. The summed E-state index contributed by atoms with van der Waals surface area (Å²) in [6, 6.07) is 11.0. The number of nitrogens with one attached hydrogen (secondary N) is 1. The number of benzene rings is 1. The van der Waals surface area contributed by atoms with Gasteiger partial charge in [-0.3, -0.25) is 23.5 Å². The SMILES string of the molecule is O=C(/C=C/c1ccccc1N1CCC(N(c2cccnc2)S(=O)[O-])CC1)NO. The molecule has 1 saturated heterocycles. The average Bonchev–Trinajstić information content (AvgIpc) is 2.73. The van der Waals surface area contributed by atoms with Crippen molar-refractivity contribution in [1.82, 2.24) is 10.5 Å². The molecule has 1 aromatic heterocycles. The molecule has 2 heterocycles. The number of rotatable bonds is 6. The van der Waals surface area contributed by atoms with Gasteiger partial charge in [0.05, 0.1) is 11.9 Å². The molecule has 1 amide bonds. The average molecular weight is 401 g/mol. The third-order valence-electron chi connectivity index (χ3n) is 4.66. The van der Waals surface area contributed by atoms with Gasteiger partial charge in [-0.2, -0.15) is 0 Å². The smallest absolute Gasteiger partial charge is 0.267 e. The normalized spacial score (nSPS) is 16.1. The minimum absolute atomic E-state index is 0.137. The van der Waals surface area contributed by atoms with E-state index in [2.05, 4.69) is 9.88 Å². The molecule has 0 bridgehead atoms. The van der Waals surface area contributed by atoms with Gasteiger partial charge < -0.3 is 9.45 Å². The van der Waals surface area contributed by atoms with Crippen molar-refractivity contribution >= 4 is 34.6 Å². The highest BCUT2D eigenvalue weighted by Crippen LogP contribution is 2.29. The van der Waals surface area contributed by atoms with Crippen molar-refractivity contribution in [1.29, 1.82) is 0 Å². The number of hydroxylamine groups is 1. The van der Waals surface area contributed by atoms with Gasteiger partial charge in [0.15, 0.2) is 0 Å². The summed E-state index contributed by atoms with van der Waals surface area (Å²) in [5, 5.41) is 8.63. The third kappa shape index (κ3) is 4.75. The summed E-state index contributed by atoms with van der Waals surface area (Å²) in [6.07, 6.45) is 7.39. The molecule has 0 radical (unpaired) electrons. The lowest BCUT2D eigenvalue weighted by atomic mass is 10.0. The second-order valence-corrected chi connectivity index (χ2v) is 7.17. The lowest BCUT2D eigenvalue weighted by Crippen LogP contribution is -2.46.